The first kappa shape index (κ1) is 110. The van der Waals surface area contributed by atoms with Crippen LogP contribution in [0, 0.1) is 17.8 Å². The van der Waals surface area contributed by atoms with Crippen LogP contribution in [0.15, 0.2) is 0 Å². The van der Waals surface area contributed by atoms with Crippen molar-refractivity contribution in [2.24, 2.45) is 17.8 Å². The molecular weight excluding hydrogens is 1510 g/mol. The van der Waals surface area contributed by atoms with Crippen LogP contribution >= 0.6 is 7.82 Å². The van der Waals surface area contributed by atoms with Crippen molar-refractivity contribution >= 4 is 37.5 Å². The van der Waals surface area contributed by atoms with Crippen molar-refractivity contribution in [3.05, 3.63) is 0 Å². The summed E-state index contributed by atoms with van der Waals surface area (Å²) in [5.74, 6) is -1.99. The summed E-state index contributed by atoms with van der Waals surface area (Å²) in [6.45, 7) is 16.1. The molecule has 0 bridgehead atoms. The average molecular weight is 1690 g/mol. The topological polar surface area (TPSA) is 353 Å². The molecule has 8 unspecified atom stereocenters. The number of amides is 2. The Hall–Kier alpha value is -2.90. The van der Waals surface area contributed by atoms with Gasteiger partial charge in [0.15, 0.2) is 24.8 Å². The number of nitrogens with one attached hydrogen (secondary N) is 2. The van der Waals surface area contributed by atoms with E-state index in [0.29, 0.717) is 56.3 Å². The Morgan fingerprint density at radius 1 is 0.368 bits per heavy atom. The van der Waals surface area contributed by atoms with Crippen LogP contribution in [-0.2, 0) is 61.5 Å². The highest BCUT2D eigenvalue weighted by Crippen LogP contribution is 2.42. The zero-order valence-corrected chi connectivity index (χ0v) is 76.1. The third-order valence-electron chi connectivity index (χ3n) is 23.4. The maximum atomic E-state index is 14.8. The summed E-state index contributed by atoms with van der Waals surface area (Å²) in [7, 11) is -5.60. The van der Waals surface area contributed by atoms with Gasteiger partial charge in [0.25, 0.3) is 0 Å². The van der Waals surface area contributed by atoms with Gasteiger partial charge in [0.2, 0.25) is 11.8 Å². The number of carbonyl (C=O) groups is 5. The van der Waals surface area contributed by atoms with Gasteiger partial charge in [-0.05, 0) is 56.3 Å². The smallest absolute Gasteiger partial charge is 0.462 e. The van der Waals surface area contributed by atoms with Crippen LogP contribution in [0.3, 0.4) is 0 Å². The maximum absolute atomic E-state index is 14.8. The highest BCUT2D eigenvalue weighted by Gasteiger charge is 2.53. The second-order valence-corrected chi connectivity index (χ2v) is 37.4. The summed E-state index contributed by atoms with van der Waals surface area (Å²) in [6.07, 6.45) is 35.9. The summed E-state index contributed by atoms with van der Waals surface area (Å²) < 4.78 is 54.9. The lowest BCUT2D eigenvalue weighted by molar-refractivity contribution is -0.298. The molecule has 2 aliphatic rings. The third-order valence-corrected chi connectivity index (χ3v) is 23.9. The number of hydrogen-bond donors (Lipinski definition) is 10. The first-order chi connectivity index (χ1) is 56.3. The van der Waals surface area contributed by atoms with Gasteiger partial charge in [-0.15, -0.1) is 0 Å². The van der Waals surface area contributed by atoms with E-state index < -0.39 is 156 Å². The minimum atomic E-state index is -5.60. The molecule has 690 valence electrons. The minimum Gasteiger partial charge on any atom is -0.462 e. The monoisotopic (exact) mass is 1690 g/mol. The second-order valence-electron chi connectivity index (χ2n) is 36.2. The van der Waals surface area contributed by atoms with Crippen LogP contribution in [0.1, 0.15) is 447 Å². The first-order valence-electron chi connectivity index (χ1n) is 48.1. The third kappa shape index (κ3) is 59.6. The molecule has 24 heteroatoms. The average Bonchev–Trinajstić information content (AvgIpc) is 0.783. The Morgan fingerprint density at radius 3 is 1.00 bits per heavy atom. The SMILES string of the molecule is CCCCCCCCCCCCCCCC(=O)O[C@H](CCCCCCCCCCCC(C)C)CC(=O)NC1C(OC(=O)C[C@H](O)CCCCCCCCCC(C)C)[C@H](O)C(CO)O[C@H]1OCC1O[C@H](OP(=O)(O)O)C(NC(=O)CC(O)CCCCCCCCCCCC(C)C)C(OC(=O)CC(O)CCCCCCCCCCCCC)[C@@H]1O. The number of aliphatic hydroxyl groups is 6. The fourth-order valence-electron chi connectivity index (χ4n) is 16.2. The molecule has 117 heavy (non-hydrogen) atoms. The molecule has 0 spiro atoms. The standard InChI is InChI=1S/C93H177N2O21P/c1-9-11-13-15-17-19-21-22-24-32-41-49-57-65-83(102)111-78(64-56-48-40-31-26-28-35-43-51-59-73(5)6)69-82(101)95-86-90(114-84(103)67-76(98)63-55-47-39-33-36-44-52-60-74(7)8)88(105)79(70-96)112-92(86)110-71-80-89(106)91(115-85(104)68-77(99)62-54-46-38-29-23-20-18-16-14-12-10-2)87(93(113-80)116-117(107,108)109)94-81(100)66-75(97)61-53-45-37-30-25-27-34-42-50-58-72(3)4/h72-80,86-93,96-99,105-106H,9-71H2,1-8H3,(H,94,100)(H,95,101)(H2,107,108,109)/t75?,76-,77?,78-,79?,80?,86?,87?,88-,89-,90?,91?,92-,93-/m1/s1. The highest BCUT2D eigenvalue weighted by atomic mass is 31.2. The van der Waals surface area contributed by atoms with Crippen LogP contribution < -0.4 is 10.6 Å². The number of carbonyl (C=O) groups excluding carboxylic acids is 5. The van der Waals surface area contributed by atoms with E-state index in [1.165, 1.54) is 148 Å². The summed E-state index contributed by atoms with van der Waals surface area (Å²) in [5, 5.41) is 74.3. The Balaban J connectivity index is 2.55. The molecule has 2 amide bonds. The van der Waals surface area contributed by atoms with Gasteiger partial charge in [0.1, 0.15) is 42.6 Å². The number of phosphoric acid groups is 1. The van der Waals surface area contributed by atoms with Crippen molar-refractivity contribution in [3.63, 3.8) is 0 Å². The van der Waals surface area contributed by atoms with Crippen LogP contribution in [-0.4, -0.2) is 169 Å². The molecule has 2 rings (SSSR count). The lowest BCUT2D eigenvalue weighted by Gasteiger charge is -2.46. The fourth-order valence-corrected chi connectivity index (χ4v) is 16.6. The van der Waals surface area contributed by atoms with Crippen molar-refractivity contribution in [2.45, 2.75) is 533 Å². The summed E-state index contributed by atoms with van der Waals surface area (Å²) in [5.41, 5.74) is 0. The largest absolute Gasteiger partial charge is 0.472 e. The van der Waals surface area contributed by atoms with E-state index in [2.05, 4.69) is 66.0 Å². The predicted molar refractivity (Wildman–Crippen MR) is 465 cm³/mol. The number of phosphoric ester groups is 1. The normalized spacial score (nSPS) is 20.9. The molecule has 2 aliphatic heterocycles. The molecule has 0 aliphatic carbocycles. The van der Waals surface area contributed by atoms with Crippen molar-refractivity contribution in [1.29, 1.82) is 0 Å². The van der Waals surface area contributed by atoms with E-state index in [1.54, 1.807) is 0 Å². The molecule has 2 heterocycles. The number of unbranched alkanes of at least 4 members (excludes halogenated alkanes) is 44. The van der Waals surface area contributed by atoms with Gasteiger partial charge in [-0.3, -0.25) is 28.5 Å². The predicted octanol–water partition coefficient (Wildman–Crippen LogP) is 19.9. The molecule has 23 nitrogen and oxygen atoms in total. The van der Waals surface area contributed by atoms with Crippen molar-refractivity contribution in [1.82, 2.24) is 10.6 Å². The number of rotatable bonds is 79. The Bertz CT molecular complexity index is 2460. The molecule has 10 N–H and O–H groups in total. The minimum absolute atomic E-state index is 0.155. The molecule has 14 atom stereocenters. The number of aliphatic hydroxyl groups excluding tert-OH is 6. The van der Waals surface area contributed by atoms with Crippen molar-refractivity contribution in [2.75, 3.05) is 13.2 Å². The van der Waals surface area contributed by atoms with Crippen molar-refractivity contribution in [3.8, 4) is 0 Å². The van der Waals surface area contributed by atoms with Crippen molar-refractivity contribution < 1.29 is 102 Å². The van der Waals surface area contributed by atoms with E-state index in [-0.39, 0.29) is 32.1 Å². The van der Waals surface area contributed by atoms with Gasteiger partial charge < -0.3 is 79.5 Å². The fraction of sp³-hybridized carbons (Fsp3) is 0.946. The van der Waals surface area contributed by atoms with Gasteiger partial charge in [-0.25, -0.2) is 4.57 Å². The summed E-state index contributed by atoms with van der Waals surface area (Å²) in [4.78, 5) is 91.7. The van der Waals surface area contributed by atoms with Crippen LogP contribution in [0.5, 0.6) is 0 Å². The number of hydrogen-bond acceptors (Lipinski definition) is 19. The van der Waals surface area contributed by atoms with Gasteiger partial charge in [-0.2, -0.15) is 0 Å². The maximum Gasteiger partial charge on any atom is 0.472 e. The highest BCUT2D eigenvalue weighted by molar-refractivity contribution is 7.46. The van der Waals surface area contributed by atoms with E-state index in [1.807, 2.05) is 0 Å². The summed E-state index contributed by atoms with van der Waals surface area (Å²) in [6, 6.07) is -3.52. The lowest BCUT2D eigenvalue weighted by Crippen LogP contribution is -2.67. The zero-order valence-electron chi connectivity index (χ0n) is 75.2. The van der Waals surface area contributed by atoms with Crippen LogP contribution in [0.4, 0.5) is 0 Å². The van der Waals surface area contributed by atoms with E-state index in [0.717, 1.165) is 154 Å². The Kier molecular flexibility index (Phi) is 67.2. The molecule has 2 fully saturated rings. The summed E-state index contributed by atoms with van der Waals surface area (Å²) >= 11 is 0. The quantitative estimate of drug-likeness (QED) is 0.0117. The molecule has 0 radical (unpaired) electrons. The number of esters is 3. The van der Waals surface area contributed by atoms with Gasteiger partial charge in [0, 0.05) is 6.42 Å². The molecular formula is C93H177N2O21P. The van der Waals surface area contributed by atoms with Crippen LogP contribution in [0.25, 0.3) is 0 Å². The Morgan fingerprint density at radius 2 is 0.658 bits per heavy atom. The van der Waals surface area contributed by atoms with E-state index in [4.69, 9.17) is 32.9 Å². The molecule has 2 saturated heterocycles. The van der Waals surface area contributed by atoms with Gasteiger partial charge in [0.05, 0.1) is 57.2 Å². The van der Waals surface area contributed by atoms with Crippen LogP contribution in [0.2, 0.25) is 0 Å². The van der Waals surface area contributed by atoms with Gasteiger partial charge >= 0.3 is 25.7 Å². The molecule has 0 aromatic carbocycles. The van der Waals surface area contributed by atoms with E-state index >= 15 is 0 Å². The Labute approximate surface area is 710 Å². The van der Waals surface area contributed by atoms with Gasteiger partial charge in [-0.1, -0.05) is 376 Å². The molecule has 0 aromatic heterocycles. The lowest BCUT2D eigenvalue weighted by atomic mass is 9.95. The molecule has 0 saturated carbocycles. The zero-order chi connectivity index (χ0) is 86.1. The van der Waals surface area contributed by atoms with E-state index in [9.17, 15) is 69.0 Å². The first-order valence-corrected chi connectivity index (χ1v) is 49.6. The number of ether oxygens (including phenoxy) is 6. The second kappa shape index (κ2) is 71.4. The molecule has 0 aromatic rings.